The largest absolute Gasteiger partial charge is 0.506 e. The van der Waals surface area contributed by atoms with Crippen LogP contribution in [0.1, 0.15) is 22.3 Å². The third-order valence-electron chi connectivity index (χ3n) is 4.70. The van der Waals surface area contributed by atoms with E-state index in [0.29, 0.717) is 0 Å². The fourth-order valence-electron chi connectivity index (χ4n) is 3.32. The monoisotopic (exact) mass is 402 g/mol. The molecular weight excluding hydrogens is 388 g/mol. The molecule has 1 atom stereocenters. The molecule has 0 bridgehead atoms. The van der Waals surface area contributed by atoms with Crippen LogP contribution in [-0.4, -0.2) is 33.0 Å². The number of benzene rings is 2. The van der Waals surface area contributed by atoms with Gasteiger partial charge in [0.25, 0.3) is 0 Å². The van der Waals surface area contributed by atoms with Crippen LogP contribution in [0.5, 0.6) is 0 Å². The summed E-state index contributed by atoms with van der Waals surface area (Å²) in [6, 6.07) is 11.9. The van der Waals surface area contributed by atoms with Crippen LogP contribution in [0.25, 0.3) is 5.76 Å². The average molecular weight is 402 g/mol. The van der Waals surface area contributed by atoms with Crippen molar-refractivity contribution in [3.63, 3.8) is 0 Å². The third-order valence-corrected chi connectivity index (χ3v) is 8.63. The van der Waals surface area contributed by atoms with Crippen LogP contribution in [0.2, 0.25) is 0 Å². The first-order valence-electron chi connectivity index (χ1n) is 8.06. The number of hydrogen-bond acceptors (Lipinski definition) is 6. The van der Waals surface area contributed by atoms with Gasteiger partial charge in [0.05, 0.1) is 15.0 Å². The topological polar surface area (TPSA) is 106 Å². The molecule has 27 heavy (non-hydrogen) atoms. The number of carbonyl (C=O) groups excluding carboxylic acids is 1. The molecule has 138 valence electrons. The van der Waals surface area contributed by atoms with Gasteiger partial charge in [-0.05, 0) is 24.3 Å². The van der Waals surface area contributed by atoms with Gasteiger partial charge in [-0.15, -0.1) is 0 Å². The van der Waals surface area contributed by atoms with Crippen LogP contribution in [0.4, 0.5) is 0 Å². The highest BCUT2D eigenvalue weighted by Gasteiger charge is 2.38. The number of ketones is 1. The van der Waals surface area contributed by atoms with Gasteiger partial charge in [0.15, 0.2) is 15.6 Å². The lowest BCUT2D eigenvalue weighted by Crippen LogP contribution is -2.29. The van der Waals surface area contributed by atoms with Gasteiger partial charge >= 0.3 is 0 Å². The van der Waals surface area contributed by atoms with Crippen molar-refractivity contribution >= 4 is 31.2 Å². The number of hydrogen-bond donors (Lipinski definition) is 1. The smallest absolute Gasteiger partial charge is 0.210 e. The molecule has 0 spiro atoms. The summed E-state index contributed by atoms with van der Waals surface area (Å²) in [4.78, 5) is 11.8. The molecule has 6 nitrogen and oxygen atoms in total. The summed E-state index contributed by atoms with van der Waals surface area (Å²) in [5, 5.41) is 9.08. The average Bonchev–Trinajstić information content (AvgIpc) is 2.84. The van der Waals surface area contributed by atoms with Crippen molar-refractivity contribution in [3.8, 4) is 0 Å². The van der Waals surface area contributed by atoms with Gasteiger partial charge in [-0.3, -0.25) is 4.79 Å². The maximum atomic E-state index is 12.8. The van der Waals surface area contributed by atoms with Crippen molar-refractivity contribution < 1.29 is 26.7 Å². The summed E-state index contributed by atoms with van der Waals surface area (Å²) in [5.41, 5.74) is 0.315. The van der Waals surface area contributed by atoms with Crippen LogP contribution >= 0.6 is 0 Å². The molecule has 2 heterocycles. The zero-order valence-electron chi connectivity index (χ0n) is 13.9. The predicted molar refractivity (Wildman–Crippen MR) is 98.7 cm³/mol. The molecule has 2 aliphatic heterocycles. The number of rotatable bonds is 2. The lowest BCUT2D eigenvalue weighted by Gasteiger charge is -2.21. The first-order chi connectivity index (χ1) is 12.7. The van der Waals surface area contributed by atoms with Gasteiger partial charge in [0, 0.05) is 17.5 Å². The Balaban J connectivity index is 1.77. The summed E-state index contributed by atoms with van der Waals surface area (Å²) in [5.74, 6) is -0.757. The summed E-state index contributed by atoms with van der Waals surface area (Å²) < 4.78 is 50.8. The van der Waals surface area contributed by atoms with Crippen molar-refractivity contribution in [1.29, 1.82) is 0 Å². The molecule has 0 aliphatic carbocycles. The molecule has 0 fully saturated rings. The standard InChI is InChI=1S/C19H14O6S2/c20-15-11-12(26(22,23)16-7-3-1-5-13(15)16)9-10-18-19(21)14-6-2-4-8-17(14)27(18,24)25/h1-10,12,21H,11H2/b10-9+. The fraction of sp³-hybridized carbons (Fsp3) is 0.105. The Hall–Kier alpha value is -2.71. The van der Waals surface area contributed by atoms with Gasteiger partial charge < -0.3 is 5.11 Å². The van der Waals surface area contributed by atoms with Crippen molar-refractivity contribution in [1.82, 2.24) is 0 Å². The van der Waals surface area contributed by atoms with Crippen LogP contribution in [0.15, 0.2) is 75.4 Å². The van der Waals surface area contributed by atoms with E-state index in [1.165, 1.54) is 36.4 Å². The number of Topliss-reactive ketones (excluding diaryl/α,β-unsaturated/α-hetero) is 1. The third kappa shape index (κ3) is 2.55. The minimum atomic E-state index is -3.94. The number of fused-ring (bicyclic) bond motifs is 2. The van der Waals surface area contributed by atoms with E-state index in [2.05, 4.69) is 0 Å². The first-order valence-corrected chi connectivity index (χ1v) is 11.1. The second kappa shape index (κ2) is 5.90. The van der Waals surface area contributed by atoms with Crippen LogP contribution in [0.3, 0.4) is 0 Å². The molecule has 0 radical (unpaired) electrons. The minimum Gasteiger partial charge on any atom is -0.506 e. The molecule has 1 unspecified atom stereocenters. The van der Waals surface area contributed by atoms with E-state index in [0.717, 1.165) is 12.2 Å². The number of aliphatic hydroxyl groups is 1. The minimum absolute atomic E-state index is 0.0323. The molecule has 0 saturated carbocycles. The Bertz CT molecular complexity index is 1250. The number of allylic oxidation sites excluding steroid dienone is 1. The molecule has 2 aromatic rings. The zero-order chi connectivity index (χ0) is 19.4. The zero-order valence-corrected chi connectivity index (χ0v) is 15.5. The van der Waals surface area contributed by atoms with E-state index < -0.39 is 30.7 Å². The maximum absolute atomic E-state index is 12.8. The van der Waals surface area contributed by atoms with Crippen LogP contribution < -0.4 is 0 Å². The van der Waals surface area contributed by atoms with Gasteiger partial charge in [-0.1, -0.05) is 36.4 Å². The van der Waals surface area contributed by atoms with Gasteiger partial charge in [0.1, 0.15) is 10.7 Å². The lowest BCUT2D eigenvalue weighted by molar-refractivity contribution is 0.0978. The van der Waals surface area contributed by atoms with E-state index in [1.807, 2.05) is 0 Å². The molecule has 2 aromatic carbocycles. The van der Waals surface area contributed by atoms with Crippen molar-refractivity contribution in [2.75, 3.05) is 0 Å². The quantitative estimate of drug-likeness (QED) is 0.828. The van der Waals surface area contributed by atoms with Crippen molar-refractivity contribution in [2.45, 2.75) is 21.5 Å². The fourth-order valence-corrected chi connectivity index (χ4v) is 6.63. The Morgan fingerprint density at radius 2 is 1.48 bits per heavy atom. The molecule has 4 rings (SSSR count). The second-order valence-corrected chi connectivity index (χ2v) is 10.3. The highest BCUT2D eigenvalue weighted by Crippen LogP contribution is 2.39. The van der Waals surface area contributed by atoms with E-state index in [1.54, 1.807) is 12.1 Å². The maximum Gasteiger partial charge on any atom is 0.210 e. The summed E-state index contributed by atoms with van der Waals surface area (Å²) >= 11 is 0. The highest BCUT2D eigenvalue weighted by atomic mass is 32.2. The van der Waals surface area contributed by atoms with E-state index in [4.69, 9.17) is 0 Å². The lowest BCUT2D eigenvalue weighted by atomic mass is 10.1. The van der Waals surface area contributed by atoms with Crippen molar-refractivity contribution in [2.24, 2.45) is 0 Å². The molecule has 0 aromatic heterocycles. The molecule has 1 N–H and O–H groups in total. The molecule has 0 saturated heterocycles. The molecule has 2 aliphatic rings. The molecular formula is C19H14O6S2. The number of carbonyl (C=O) groups is 1. The van der Waals surface area contributed by atoms with Crippen LogP contribution in [0, 0.1) is 0 Å². The van der Waals surface area contributed by atoms with E-state index >= 15 is 0 Å². The summed E-state index contributed by atoms with van der Waals surface area (Å²) in [6.45, 7) is 0. The Morgan fingerprint density at radius 1 is 0.889 bits per heavy atom. The highest BCUT2D eigenvalue weighted by molar-refractivity contribution is 7.96. The van der Waals surface area contributed by atoms with Crippen molar-refractivity contribution in [3.05, 3.63) is 76.7 Å². The number of sulfone groups is 2. The second-order valence-electron chi connectivity index (χ2n) is 6.28. The van der Waals surface area contributed by atoms with E-state index in [-0.39, 0.29) is 38.0 Å². The molecule has 8 heteroatoms. The SMILES string of the molecule is O=C1CC(/C=C/C2=C(O)c3ccccc3S2(=O)=O)S(=O)(=O)c2ccccc21. The number of aliphatic hydroxyl groups excluding tert-OH is 1. The normalized spacial score (nSPS) is 22.7. The summed E-state index contributed by atoms with van der Waals surface area (Å²) in [7, 11) is -7.78. The van der Waals surface area contributed by atoms with Crippen LogP contribution in [-0.2, 0) is 19.7 Å². The predicted octanol–water partition coefficient (Wildman–Crippen LogP) is 2.69. The van der Waals surface area contributed by atoms with Gasteiger partial charge in [0.2, 0.25) is 9.84 Å². The van der Waals surface area contributed by atoms with Gasteiger partial charge in [-0.2, -0.15) is 0 Å². The Labute approximate surface area is 156 Å². The summed E-state index contributed by atoms with van der Waals surface area (Å²) in [6.07, 6.45) is 1.96. The van der Waals surface area contributed by atoms with Gasteiger partial charge in [-0.25, -0.2) is 16.8 Å². The Morgan fingerprint density at radius 3 is 2.15 bits per heavy atom. The van der Waals surface area contributed by atoms with E-state index in [9.17, 15) is 26.7 Å². The Kier molecular flexibility index (Phi) is 3.87. The first kappa shape index (κ1) is 17.7. The molecule has 0 amide bonds.